The molecule has 2 aromatic carbocycles. The van der Waals surface area contributed by atoms with Gasteiger partial charge in [-0.1, -0.05) is 18.2 Å². The number of thiophene rings is 1. The lowest BCUT2D eigenvalue weighted by molar-refractivity contribution is -0.384. The van der Waals surface area contributed by atoms with E-state index in [0.717, 1.165) is 16.0 Å². The predicted molar refractivity (Wildman–Crippen MR) is 118 cm³/mol. The Morgan fingerprint density at radius 2 is 1.90 bits per heavy atom. The summed E-state index contributed by atoms with van der Waals surface area (Å²) in [7, 11) is 0. The van der Waals surface area contributed by atoms with E-state index in [1.165, 1.54) is 30.5 Å². The van der Waals surface area contributed by atoms with Crippen LogP contribution < -0.4 is 16.7 Å². The van der Waals surface area contributed by atoms with Gasteiger partial charge in [0.25, 0.3) is 17.2 Å². The number of nitro benzene ring substituents is 1. The molecule has 4 rings (SSSR count). The molecule has 0 aliphatic heterocycles. The number of carbonyl (C=O) groups is 1. The third-order valence-electron chi connectivity index (χ3n) is 4.38. The fourth-order valence-electron chi connectivity index (χ4n) is 2.89. The van der Waals surface area contributed by atoms with Gasteiger partial charge >= 0.3 is 0 Å². The van der Waals surface area contributed by atoms with E-state index in [2.05, 4.69) is 15.6 Å². The minimum absolute atomic E-state index is 0.00717. The molecule has 2 heterocycles. The van der Waals surface area contributed by atoms with E-state index in [9.17, 15) is 19.7 Å². The maximum atomic E-state index is 12.9. The number of non-ortho nitro benzene ring substituents is 1. The average molecular weight is 434 g/mol. The summed E-state index contributed by atoms with van der Waals surface area (Å²) in [5.41, 5.74) is 8.90. The van der Waals surface area contributed by atoms with Crippen LogP contribution in [0, 0.1) is 10.1 Å². The number of nitrogens with one attached hydrogen (secondary N) is 1. The first-order valence-electron chi connectivity index (χ1n) is 8.89. The number of hydrogen-bond acceptors (Lipinski definition) is 8. The predicted octanol–water partition coefficient (Wildman–Crippen LogP) is 2.70. The van der Waals surface area contributed by atoms with Crippen LogP contribution >= 0.6 is 11.3 Å². The van der Waals surface area contributed by atoms with Crippen molar-refractivity contribution in [2.24, 2.45) is 5.10 Å². The highest BCUT2D eigenvalue weighted by atomic mass is 32.1. The Kier molecular flexibility index (Phi) is 5.24. The number of hydrazone groups is 1. The van der Waals surface area contributed by atoms with Gasteiger partial charge in [-0.2, -0.15) is 14.9 Å². The van der Waals surface area contributed by atoms with Gasteiger partial charge in [-0.15, -0.1) is 11.3 Å². The smallest absolute Gasteiger partial charge is 0.292 e. The van der Waals surface area contributed by atoms with E-state index in [1.807, 2.05) is 0 Å². The van der Waals surface area contributed by atoms with Crippen molar-refractivity contribution in [3.8, 4) is 5.69 Å². The second-order valence-corrected chi connectivity index (χ2v) is 7.25. The van der Waals surface area contributed by atoms with Crippen molar-refractivity contribution in [3.63, 3.8) is 0 Å². The van der Waals surface area contributed by atoms with Crippen LogP contribution in [0.3, 0.4) is 0 Å². The summed E-state index contributed by atoms with van der Waals surface area (Å²) in [6.45, 7) is 0. The third kappa shape index (κ3) is 3.89. The highest BCUT2D eigenvalue weighted by molar-refractivity contribution is 7.15. The molecule has 0 spiro atoms. The zero-order valence-corrected chi connectivity index (χ0v) is 16.6. The second kappa shape index (κ2) is 8.16. The normalized spacial score (nSPS) is 11.1. The first-order valence-corrected chi connectivity index (χ1v) is 9.77. The van der Waals surface area contributed by atoms with Gasteiger partial charge in [-0.25, -0.2) is 5.43 Å². The molecule has 31 heavy (non-hydrogen) atoms. The van der Waals surface area contributed by atoms with Gasteiger partial charge in [-0.05, 0) is 29.8 Å². The van der Waals surface area contributed by atoms with E-state index in [-0.39, 0.29) is 21.8 Å². The monoisotopic (exact) mass is 434 g/mol. The number of fused-ring (bicyclic) bond motifs is 1. The van der Waals surface area contributed by atoms with E-state index >= 15 is 0 Å². The Balaban J connectivity index is 1.67. The second-order valence-electron chi connectivity index (χ2n) is 6.34. The maximum Gasteiger partial charge on any atom is 0.292 e. The van der Waals surface area contributed by atoms with E-state index in [4.69, 9.17) is 5.73 Å². The number of nitrogens with zero attached hydrogens (tertiary/aromatic N) is 4. The Labute approximate surface area is 178 Å². The number of nitro groups is 1. The summed E-state index contributed by atoms with van der Waals surface area (Å²) >= 11 is 1.14. The Hall–Kier alpha value is -4.38. The SMILES string of the molecule is Nc1scc2c(C(=O)N/N=C\c3ccc([N+](=O)[O-])cc3)nn(-c3ccccc3)c(=O)c12. The summed E-state index contributed by atoms with van der Waals surface area (Å²) in [4.78, 5) is 35.9. The van der Waals surface area contributed by atoms with Crippen LogP contribution in [0.1, 0.15) is 16.1 Å². The van der Waals surface area contributed by atoms with Crippen LogP contribution in [-0.4, -0.2) is 26.8 Å². The van der Waals surface area contributed by atoms with Crippen molar-refractivity contribution in [1.82, 2.24) is 15.2 Å². The standard InChI is InChI=1S/C20H14N6O4S/c21-18-16-15(11-31-18)17(24-25(20(16)28)13-4-2-1-3-5-13)19(27)23-22-10-12-6-8-14(9-7-12)26(29)30/h1-11H,21H2,(H,23,27)/b22-10-. The molecule has 0 radical (unpaired) electrons. The summed E-state index contributed by atoms with van der Waals surface area (Å²) in [5.74, 6) is -0.634. The molecule has 10 nitrogen and oxygen atoms in total. The summed E-state index contributed by atoms with van der Waals surface area (Å²) in [5, 5.41) is 21.3. The van der Waals surface area contributed by atoms with Crippen molar-refractivity contribution in [1.29, 1.82) is 0 Å². The molecular weight excluding hydrogens is 420 g/mol. The van der Waals surface area contributed by atoms with Crippen molar-refractivity contribution in [2.75, 3.05) is 5.73 Å². The van der Waals surface area contributed by atoms with Crippen LogP contribution in [0.15, 0.2) is 69.9 Å². The maximum absolute atomic E-state index is 12.9. The number of para-hydroxylation sites is 1. The number of rotatable bonds is 5. The van der Waals surface area contributed by atoms with E-state index in [0.29, 0.717) is 16.6 Å². The zero-order valence-electron chi connectivity index (χ0n) is 15.8. The molecule has 0 fully saturated rings. The largest absolute Gasteiger partial charge is 0.390 e. The summed E-state index contributed by atoms with van der Waals surface area (Å²) in [6, 6.07) is 14.3. The molecule has 0 bridgehead atoms. The molecule has 154 valence electrons. The van der Waals surface area contributed by atoms with Crippen molar-refractivity contribution in [2.45, 2.75) is 0 Å². The lowest BCUT2D eigenvalue weighted by Gasteiger charge is -2.08. The molecule has 0 aliphatic rings. The number of anilines is 1. The molecule has 2 aromatic heterocycles. The molecule has 0 unspecified atom stereocenters. The van der Waals surface area contributed by atoms with Crippen molar-refractivity contribution < 1.29 is 9.72 Å². The lowest BCUT2D eigenvalue weighted by Crippen LogP contribution is -2.28. The van der Waals surface area contributed by atoms with Gasteiger partial charge < -0.3 is 5.73 Å². The van der Waals surface area contributed by atoms with Gasteiger partial charge in [-0.3, -0.25) is 19.7 Å². The molecule has 0 aliphatic carbocycles. The molecular formula is C20H14N6O4S. The topological polar surface area (TPSA) is 146 Å². The minimum Gasteiger partial charge on any atom is -0.390 e. The van der Waals surface area contributed by atoms with Gasteiger partial charge in [0, 0.05) is 22.9 Å². The average Bonchev–Trinajstić information content (AvgIpc) is 3.17. The minimum atomic E-state index is -0.634. The zero-order chi connectivity index (χ0) is 22.0. The van der Waals surface area contributed by atoms with Gasteiger partial charge in [0.15, 0.2) is 5.69 Å². The Bertz CT molecular complexity index is 1380. The summed E-state index contributed by atoms with van der Waals surface area (Å²) < 4.78 is 1.13. The Morgan fingerprint density at radius 1 is 1.19 bits per heavy atom. The van der Waals surface area contributed by atoms with Crippen LogP contribution in [0.4, 0.5) is 10.7 Å². The fraction of sp³-hybridized carbons (Fsp3) is 0. The molecule has 0 saturated heterocycles. The van der Waals surface area contributed by atoms with Crippen LogP contribution in [0.25, 0.3) is 16.5 Å². The van der Waals surface area contributed by atoms with Gasteiger partial charge in [0.05, 0.1) is 27.2 Å². The third-order valence-corrected chi connectivity index (χ3v) is 5.19. The van der Waals surface area contributed by atoms with Crippen LogP contribution in [0.5, 0.6) is 0 Å². The first-order chi connectivity index (χ1) is 15.0. The fourth-order valence-corrected chi connectivity index (χ4v) is 3.67. The van der Waals surface area contributed by atoms with Gasteiger partial charge in [0.1, 0.15) is 0 Å². The number of nitrogens with two attached hydrogens (primary N) is 1. The number of aromatic nitrogens is 2. The Morgan fingerprint density at radius 3 is 2.58 bits per heavy atom. The molecule has 3 N–H and O–H groups in total. The first kappa shape index (κ1) is 19.9. The van der Waals surface area contributed by atoms with Crippen molar-refractivity contribution >= 4 is 44.9 Å². The highest BCUT2D eigenvalue weighted by Gasteiger charge is 2.20. The van der Waals surface area contributed by atoms with Crippen molar-refractivity contribution in [3.05, 3.63) is 91.7 Å². The molecule has 0 atom stereocenters. The van der Waals surface area contributed by atoms with Gasteiger partial charge in [0.2, 0.25) is 0 Å². The number of amides is 1. The van der Waals surface area contributed by atoms with E-state index < -0.39 is 16.4 Å². The number of carbonyl (C=O) groups excluding carboxylic acids is 1. The molecule has 11 heteroatoms. The van der Waals surface area contributed by atoms with E-state index in [1.54, 1.807) is 35.7 Å². The number of benzene rings is 2. The number of nitrogen functional groups attached to an aromatic ring is 1. The summed E-state index contributed by atoms with van der Waals surface area (Å²) in [6.07, 6.45) is 1.34. The molecule has 0 saturated carbocycles. The molecule has 4 aromatic rings. The highest BCUT2D eigenvalue weighted by Crippen LogP contribution is 2.27. The lowest BCUT2D eigenvalue weighted by atomic mass is 10.2. The number of hydrogen-bond donors (Lipinski definition) is 2. The van der Waals surface area contributed by atoms with Crippen LogP contribution in [-0.2, 0) is 0 Å². The quantitative estimate of drug-likeness (QED) is 0.281. The molecule has 1 amide bonds. The van der Waals surface area contributed by atoms with Crippen LogP contribution in [0.2, 0.25) is 0 Å².